The quantitative estimate of drug-likeness (QED) is 0.626. The van der Waals surface area contributed by atoms with Crippen molar-refractivity contribution in [2.24, 2.45) is 0 Å². The molecule has 0 radical (unpaired) electrons. The molecule has 1 fully saturated rings. The van der Waals surface area contributed by atoms with Crippen molar-refractivity contribution >= 4 is 10.0 Å². The Morgan fingerprint density at radius 1 is 1.42 bits per heavy atom. The van der Waals surface area contributed by atoms with Gasteiger partial charge in [0.2, 0.25) is 16.4 Å². The molecule has 108 valence electrons. The van der Waals surface area contributed by atoms with E-state index < -0.39 is 10.0 Å². The standard InChI is InChI=1S/C10H19N5O3S/c16-19(17,8-7-15-5-3-11-4-6-15)13-2-1-10-12-9-18-14-10/h9,11,13H,1-8H2. The lowest BCUT2D eigenvalue weighted by Gasteiger charge is -2.26. The predicted molar refractivity (Wildman–Crippen MR) is 69.1 cm³/mol. The monoisotopic (exact) mass is 289 g/mol. The van der Waals surface area contributed by atoms with Crippen LogP contribution >= 0.6 is 0 Å². The minimum Gasteiger partial charge on any atom is -0.343 e. The Morgan fingerprint density at radius 2 is 2.21 bits per heavy atom. The maximum absolute atomic E-state index is 11.8. The molecule has 0 unspecified atom stereocenters. The van der Waals surface area contributed by atoms with Crippen LogP contribution in [0, 0.1) is 0 Å². The van der Waals surface area contributed by atoms with Gasteiger partial charge >= 0.3 is 0 Å². The minimum atomic E-state index is -3.23. The van der Waals surface area contributed by atoms with Gasteiger partial charge in [-0.25, -0.2) is 13.1 Å². The summed E-state index contributed by atoms with van der Waals surface area (Å²) in [5.74, 6) is 0.629. The number of rotatable bonds is 7. The highest BCUT2D eigenvalue weighted by atomic mass is 32.2. The maximum atomic E-state index is 11.8. The van der Waals surface area contributed by atoms with Crippen molar-refractivity contribution in [3.8, 4) is 0 Å². The van der Waals surface area contributed by atoms with Gasteiger partial charge in [-0.3, -0.25) is 4.90 Å². The van der Waals surface area contributed by atoms with Gasteiger partial charge in [-0.15, -0.1) is 0 Å². The van der Waals surface area contributed by atoms with Gasteiger partial charge < -0.3 is 9.84 Å². The zero-order valence-corrected chi connectivity index (χ0v) is 11.5. The highest BCUT2D eigenvalue weighted by Gasteiger charge is 2.15. The molecule has 2 rings (SSSR count). The fraction of sp³-hybridized carbons (Fsp3) is 0.800. The number of piperazine rings is 1. The zero-order valence-electron chi connectivity index (χ0n) is 10.7. The van der Waals surface area contributed by atoms with Gasteiger partial charge in [-0.2, -0.15) is 4.98 Å². The Bertz CT molecular complexity index is 456. The van der Waals surface area contributed by atoms with Gasteiger partial charge in [0.1, 0.15) is 0 Å². The van der Waals surface area contributed by atoms with E-state index in [9.17, 15) is 8.42 Å². The first-order valence-electron chi connectivity index (χ1n) is 6.31. The molecule has 1 aliphatic heterocycles. The van der Waals surface area contributed by atoms with E-state index in [1.807, 2.05) is 0 Å². The maximum Gasteiger partial charge on any atom is 0.213 e. The Hall–Kier alpha value is -1.03. The summed E-state index contributed by atoms with van der Waals surface area (Å²) in [5.41, 5.74) is 0. The lowest BCUT2D eigenvalue weighted by molar-refractivity contribution is 0.253. The molecule has 9 heteroatoms. The molecular formula is C10H19N5O3S. The fourth-order valence-corrected chi connectivity index (χ4v) is 2.93. The third-order valence-electron chi connectivity index (χ3n) is 2.96. The van der Waals surface area contributed by atoms with Crippen LogP contribution in [0.25, 0.3) is 0 Å². The zero-order chi connectivity index (χ0) is 13.6. The summed E-state index contributed by atoms with van der Waals surface area (Å²) < 4.78 is 30.7. The smallest absolute Gasteiger partial charge is 0.213 e. The van der Waals surface area contributed by atoms with E-state index in [1.165, 1.54) is 6.39 Å². The van der Waals surface area contributed by atoms with E-state index in [1.54, 1.807) is 0 Å². The van der Waals surface area contributed by atoms with E-state index in [0.29, 0.717) is 25.3 Å². The number of hydrogen-bond acceptors (Lipinski definition) is 7. The summed E-state index contributed by atoms with van der Waals surface area (Å²) in [4.78, 5) is 5.98. The highest BCUT2D eigenvalue weighted by molar-refractivity contribution is 7.89. The lowest BCUT2D eigenvalue weighted by atomic mass is 10.4. The summed E-state index contributed by atoms with van der Waals surface area (Å²) in [6.45, 7) is 4.51. The third-order valence-corrected chi connectivity index (χ3v) is 4.33. The van der Waals surface area contributed by atoms with Crippen LogP contribution in [0.4, 0.5) is 0 Å². The van der Waals surface area contributed by atoms with E-state index in [0.717, 1.165) is 26.2 Å². The Kier molecular flexibility index (Phi) is 5.25. The minimum absolute atomic E-state index is 0.124. The normalized spacial score (nSPS) is 17.7. The van der Waals surface area contributed by atoms with E-state index >= 15 is 0 Å². The number of hydrogen-bond donors (Lipinski definition) is 2. The topological polar surface area (TPSA) is 100 Å². The van der Waals surface area contributed by atoms with Crippen molar-refractivity contribution in [3.63, 3.8) is 0 Å². The molecule has 0 spiro atoms. The number of aromatic nitrogens is 2. The van der Waals surface area contributed by atoms with Crippen LogP contribution in [0.1, 0.15) is 5.82 Å². The summed E-state index contributed by atoms with van der Waals surface area (Å²) in [7, 11) is -3.23. The molecular weight excluding hydrogens is 270 g/mol. The number of sulfonamides is 1. The molecule has 0 aliphatic carbocycles. The average molecular weight is 289 g/mol. The first-order valence-corrected chi connectivity index (χ1v) is 7.96. The van der Waals surface area contributed by atoms with Gasteiger partial charge in [-0.1, -0.05) is 5.16 Å². The second kappa shape index (κ2) is 6.94. The molecule has 1 aromatic heterocycles. The Morgan fingerprint density at radius 3 is 2.89 bits per heavy atom. The lowest BCUT2D eigenvalue weighted by Crippen LogP contribution is -2.46. The summed E-state index contributed by atoms with van der Waals surface area (Å²) >= 11 is 0. The molecule has 0 aromatic carbocycles. The van der Waals surface area contributed by atoms with Crippen LogP contribution in [-0.2, 0) is 16.4 Å². The molecule has 8 nitrogen and oxygen atoms in total. The van der Waals surface area contributed by atoms with Crippen molar-refractivity contribution in [1.82, 2.24) is 25.1 Å². The van der Waals surface area contributed by atoms with Crippen LogP contribution in [0.15, 0.2) is 10.9 Å². The first-order chi connectivity index (χ1) is 9.16. The van der Waals surface area contributed by atoms with Crippen LogP contribution in [0.3, 0.4) is 0 Å². The Balaban J connectivity index is 1.66. The molecule has 1 saturated heterocycles. The molecule has 0 saturated carbocycles. The molecule has 0 bridgehead atoms. The summed E-state index contributed by atoms with van der Waals surface area (Å²) in [6.07, 6.45) is 1.66. The average Bonchev–Trinajstić information content (AvgIpc) is 2.91. The van der Waals surface area contributed by atoms with E-state index in [-0.39, 0.29) is 5.75 Å². The van der Waals surface area contributed by atoms with Crippen molar-refractivity contribution in [2.45, 2.75) is 6.42 Å². The fourth-order valence-electron chi connectivity index (χ4n) is 1.88. The van der Waals surface area contributed by atoms with Crippen molar-refractivity contribution < 1.29 is 12.9 Å². The van der Waals surface area contributed by atoms with Crippen LogP contribution in [0.5, 0.6) is 0 Å². The van der Waals surface area contributed by atoms with Gasteiger partial charge in [0, 0.05) is 45.7 Å². The van der Waals surface area contributed by atoms with Gasteiger partial charge in [0.25, 0.3) is 0 Å². The second-order valence-electron chi connectivity index (χ2n) is 4.40. The molecule has 2 N–H and O–H groups in total. The van der Waals surface area contributed by atoms with Crippen LogP contribution < -0.4 is 10.0 Å². The molecule has 0 atom stereocenters. The predicted octanol–water partition coefficient (Wildman–Crippen LogP) is -1.56. The van der Waals surface area contributed by atoms with Crippen molar-refractivity contribution in [3.05, 3.63) is 12.2 Å². The third kappa shape index (κ3) is 5.23. The molecule has 2 heterocycles. The van der Waals surface area contributed by atoms with E-state index in [4.69, 9.17) is 0 Å². The Labute approximate surface area is 112 Å². The van der Waals surface area contributed by atoms with Crippen molar-refractivity contribution in [1.29, 1.82) is 0 Å². The number of nitrogens with one attached hydrogen (secondary N) is 2. The second-order valence-corrected chi connectivity index (χ2v) is 6.33. The van der Waals surface area contributed by atoms with Crippen LogP contribution in [0.2, 0.25) is 0 Å². The first kappa shape index (κ1) is 14.4. The van der Waals surface area contributed by atoms with Gasteiger partial charge in [-0.05, 0) is 0 Å². The molecule has 1 aromatic rings. The largest absolute Gasteiger partial charge is 0.343 e. The molecule has 19 heavy (non-hydrogen) atoms. The van der Waals surface area contributed by atoms with Gasteiger partial charge in [0.05, 0.1) is 5.75 Å². The molecule has 1 aliphatic rings. The SMILES string of the molecule is O=S(=O)(CCN1CCNCC1)NCCc1ncon1. The van der Waals surface area contributed by atoms with Crippen molar-refractivity contribution in [2.75, 3.05) is 45.0 Å². The van der Waals surface area contributed by atoms with Gasteiger partial charge in [0.15, 0.2) is 5.82 Å². The summed E-state index contributed by atoms with van der Waals surface area (Å²) in [5, 5.41) is 6.85. The molecule has 0 amide bonds. The number of nitrogens with zero attached hydrogens (tertiary/aromatic N) is 3. The van der Waals surface area contributed by atoms with E-state index in [2.05, 4.69) is 29.6 Å². The summed E-state index contributed by atoms with van der Waals surface area (Å²) in [6, 6.07) is 0. The highest BCUT2D eigenvalue weighted by Crippen LogP contribution is 1.95. The van der Waals surface area contributed by atoms with Crippen LogP contribution in [-0.4, -0.2) is 68.5 Å².